The maximum absolute atomic E-state index is 6.02. The predicted molar refractivity (Wildman–Crippen MR) is 76.9 cm³/mol. The topological polar surface area (TPSA) is 30.9 Å². The summed E-state index contributed by atoms with van der Waals surface area (Å²) in [7, 11) is 1.67. The lowest BCUT2D eigenvalue weighted by molar-refractivity contribution is -0.0648. The van der Waals surface area contributed by atoms with Gasteiger partial charge in [0.15, 0.2) is 6.29 Å². The molecular weight excluding hydrogens is 254 g/mol. The van der Waals surface area contributed by atoms with E-state index in [1.165, 1.54) is 32.4 Å². The van der Waals surface area contributed by atoms with Crippen molar-refractivity contribution in [1.82, 2.24) is 4.90 Å². The standard InChI is InChI=1S/C16H23NO3/c1-18-14-7-5-13(6-8-14)16-19-12-15(20-16)11-17-9-3-2-4-10-17/h5-8,15-16H,2-4,9-12H2,1H3. The minimum Gasteiger partial charge on any atom is -0.497 e. The Labute approximate surface area is 120 Å². The van der Waals surface area contributed by atoms with E-state index in [0.717, 1.165) is 17.9 Å². The largest absolute Gasteiger partial charge is 0.497 e. The molecule has 0 N–H and O–H groups in total. The van der Waals surface area contributed by atoms with Crippen LogP contribution in [0.25, 0.3) is 0 Å². The summed E-state index contributed by atoms with van der Waals surface area (Å²) in [6.45, 7) is 4.08. The molecule has 2 heterocycles. The number of likely N-dealkylation sites (tertiary alicyclic amines) is 1. The lowest BCUT2D eigenvalue weighted by Crippen LogP contribution is -2.37. The monoisotopic (exact) mass is 277 g/mol. The molecule has 2 unspecified atom stereocenters. The van der Waals surface area contributed by atoms with Crippen LogP contribution in [0, 0.1) is 0 Å². The zero-order valence-corrected chi connectivity index (χ0v) is 12.1. The quantitative estimate of drug-likeness (QED) is 0.846. The molecule has 0 radical (unpaired) electrons. The van der Waals surface area contributed by atoms with Crippen LogP contribution in [0.2, 0.25) is 0 Å². The highest BCUT2D eigenvalue weighted by Crippen LogP contribution is 2.28. The van der Waals surface area contributed by atoms with Gasteiger partial charge in [-0.2, -0.15) is 0 Å². The van der Waals surface area contributed by atoms with Crippen LogP contribution in [0.1, 0.15) is 31.1 Å². The van der Waals surface area contributed by atoms with Gasteiger partial charge in [0.05, 0.1) is 19.8 Å². The van der Waals surface area contributed by atoms with E-state index in [1.807, 2.05) is 24.3 Å². The SMILES string of the molecule is COc1ccc(C2OCC(CN3CCCCC3)O2)cc1. The molecule has 0 spiro atoms. The smallest absolute Gasteiger partial charge is 0.184 e. The van der Waals surface area contributed by atoms with Gasteiger partial charge >= 0.3 is 0 Å². The Balaban J connectivity index is 1.52. The van der Waals surface area contributed by atoms with Gasteiger partial charge < -0.3 is 19.1 Å². The van der Waals surface area contributed by atoms with Gasteiger partial charge in [0.1, 0.15) is 5.75 Å². The first kappa shape index (κ1) is 13.9. The lowest BCUT2D eigenvalue weighted by Gasteiger charge is -2.28. The van der Waals surface area contributed by atoms with Gasteiger partial charge in [0.25, 0.3) is 0 Å². The molecule has 2 fully saturated rings. The fourth-order valence-corrected chi connectivity index (χ4v) is 2.91. The van der Waals surface area contributed by atoms with Gasteiger partial charge in [-0.3, -0.25) is 0 Å². The van der Waals surface area contributed by atoms with Crippen molar-refractivity contribution in [2.75, 3.05) is 33.4 Å². The fourth-order valence-electron chi connectivity index (χ4n) is 2.91. The van der Waals surface area contributed by atoms with E-state index in [4.69, 9.17) is 14.2 Å². The molecular formula is C16H23NO3. The summed E-state index contributed by atoms with van der Waals surface area (Å²) in [5.41, 5.74) is 1.06. The van der Waals surface area contributed by atoms with Crippen molar-refractivity contribution < 1.29 is 14.2 Å². The summed E-state index contributed by atoms with van der Waals surface area (Å²) in [4.78, 5) is 2.49. The molecule has 1 aromatic rings. The molecule has 4 nitrogen and oxygen atoms in total. The van der Waals surface area contributed by atoms with E-state index < -0.39 is 0 Å². The number of ether oxygens (including phenoxy) is 3. The van der Waals surface area contributed by atoms with Crippen molar-refractivity contribution in [1.29, 1.82) is 0 Å². The average molecular weight is 277 g/mol. The van der Waals surface area contributed by atoms with E-state index in [2.05, 4.69) is 4.90 Å². The van der Waals surface area contributed by atoms with Crippen molar-refractivity contribution >= 4 is 0 Å². The molecule has 2 aliphatic heterocycles. The van der Waals surface area contributed by atoms with E-state index in [0.29, 0.717) is 6.61 Å². The highest BCUT2D eigenvalue weighted by Gasteiger charge is 2.29. The third-order valence-corrected chi connectivity index (χ3v) is 4.05. The first-order valence-corrected chi connectivity index (χ1v) is 7.48. The third kappa shape index (κ3) is 3.32. The highest BCUT2D eigenvalue weighted by atomic mass is 16.7. The number of hydrogen-bond acceptors (Lipinski definition) is 4. The van der Waals surface area contributed by atoms with Gasteiger partial charge in [0, 0.05) is 12.1 Å². The van der Waals surface area contributed by atoms with Crippen LogP contribution >= 0.6 is 0 Å². The number of benzene rings is 1. The Kier molecular flexibility index (Phi) is 4.55. The molecule has 1 aromatic carbocycles. The Bertz CT molecular complexity index is 414. The number of rotatable bonds is 4. The number of hydrogen-bond donors (Lipinski definition) is 0. The van der Waals surface area contributed by atoms with Gasteiger partial charge in [-0.1, -0.05) is 18.6 Å². The molecule has 20 heavy (non-hydrogen) atoms. The van der Waals surface area contributed by atoms with Crippen molar-refractivity contribution in [3.63, 3.8) is 0 Å². The van der Waals surface area contributed by atoms with Crippen LogP contribution in [-0.2, 0) is 9.47 Å². The summed E-state index contributed by atoms with van der Waals surface area (Å²) >= 11 is 0. The number of nitrogens with zero attached hydrogens (tertiary/aromatic N) is 1. The second-order valence-corrected chi connectivity index (χ2v) is 5.56. The third-order valence-electron chi connectivity index (χ3n) is 4.05. The fraction of sp³-hybridized carbons (Fsp3) is 0.625. The van der Waals surface area contributed by atoms with Crippen molar-refractivity contribution in [2.45, 2.75) is 31.7 Å². The van der Waals surface area contributed by atoms with Gasteiger partial charge in [-0.15, -0.1) is 0 Å². The van der Waals surface area contributed by atoms with Gasteiger partial charge in [-0.25, -0.2) is 0 Å². The Morgan fingerprint density at radius 2 is 1.90 bits per heavy atom. The van der Waals surface area contributed by atoms with Crippen LogP contribution < -0.4 is 4.74 Å². The summed E-state index contributed by atoms with van der Waals surface area (Å²) in [5.74, 6) is 0.858. The molecule has 0 amide bonds. The van der Waals surface area contributed by atoms with Crippen LogP contribution in [0.4, 0.5) is 0 Å². The van der Waals surface area contributed by atoms with E-state index >= 15 is 0 Å². The molecule has 4 heteroatoms. The molecule has 2 saturated heterocycles. The summed E-state index contributed by atoms with van der Waals surface area (Å²) < 4.78 is 17.0. The van der Waals surface area contributed by atoms with Crippen molar-refractivity contribution in [3.8, 4) is 5.75 Å². The van der Waals surface area contributed by atoms with E-state index in [9.17, 15) is 0 Å². The van der Waals surface area contributed by atoms with Crippen LogP contribution in [0.3, 0.4) is 0 Å². The van der Waals surface area contributed by atoms with E-state index in [1.54, 1.807) is 7.11 Å². The summed E-state index contributed by atoms with van der Waals surface area (Å²) in [6, 6.07) is 7.90. The van der Waals surface area contributed by atoms with Gasteiger partial charge in [0.2, 0.25) is 0 Å². The molecule has 0 aromatic heterocycles. The molecule has 3 rings (SSSR count). The number of piperidine rings is 1. The van der Waals surface area contributed by atoms with Crippen LogP contribution in [0.5, 0.6) is 5.75 Å². The minimum absolute atomic E-state index is 0.195. The zero-order chi connectivity index (χ0) is 13.8. The second-order valence-electron chi connectivity index (χ2n) is 5.56. The molecule has 2 aliphatic rings. The lowest BCUT2D eigenvalue weighted by atomic mass is 10.1. The first-order chi connectivity index (χ1) is 9.85. The predicted octanol–water partition coefficient (Wildman–Crippen LogP) is 2.60. The Hall–Kier alpha value is -1.10. The zero-order valence-electron chi connectivity index (χ0n) is 12.1. The maximum Gasteiger partial charge on any atom is 0.184 e. The first-order valence-electron chi connectivity index (χ1n) is 7.48. The van der Waals surface area contributed by atoms with Crippen LogP contribution in [-0.4, -0.2) is 44.4 Å². The van der Waals surface area contributed by atoms with Gasteiger partial charge in [-0.05, 0) is 38.1 Å². The molecule has 110 valence electrons. The molecule has 0 aliphatic carbocycles. The number of methoxy groups -OCH3 is 1. The van der Waals surface area contributed by atoms with Crippen LogP contribution in [0.15, 0.2) is 24.3 Å². The average Bonchev–Trinajstić information content (AvgIpc) is 2.97. The van der Waals surface area contributed by atoms with Crippen molar-refractivity contribution in [2.24, 2.45) is 0 Å². The summed E-state index contributed by atoms with van der Waals surface area (Å²) in [6.07, 6.45) is 3.97. The highest BCUT2D eigenvalue weighted by molar-refractivity contribution is 5.28. The second kappa shape index (κ2) is 6.57. The normalized spacial score (nSPS) is 27.6. The molecule has 0 bridgehead atoms. The Morgan fingerprint density at radius 3 is 2.60 bits per heavy atom. The van der Waals surface area contributed by atoms with E-state index in [-0.39, 0.29) is 12.4 Å². The van der Waals surface area contributed by atoms with Crippen molar-refractivity contribution in [3.05, 3.63) is 29.8 Å². The maximum atomic E-state index is 6.02. The summed E-state index contributed by atoms with van der Waals surface area (Å²) in [5, 5.41) is 0. The molecule has 2 atom stereocenters. The molecule has 0 saturated carbocycles. The Morgan fingerprint density at radius 1 is 1.15 bits per heavy atom. The minimum atomic E-state index is -0.226.